The van der Waals surface area contributed by atoms with Gasteiger partial charge in [-0.15, -0.1) is 0 Å². The minimum Gasteiger partial charge on any atom is -0.462 e. The van der Waals surface area contributed by atoms with E-state index in [1.165, 1.54) is 12.8 Å². The highest BCUT2D eigenvalue weighted by molar-refractivity contribution is 5.72. The third-order valence-corrected chi connectivity index (χ3v) is 4.59. The first-order chi connectivity index (χ1) is 8.69. The monoisotopic (exact) mass is 254 g/mol. The fraction of sp³-hybridized carbons (Fsp3) is 0.933. The Hall–Kier alpha value is -0.570. The predicted molar refractivity (Wildman–Crippen MR) is 70.3 cm³/mol. The molecule has 2 aliphatic carbocycles. The molecule has 2 rings (SSSR count). The largest absolute Gasteiger partial charge is 0.462 e. The van der Waals surface area contributed by atoms with Crippen LogP contribution in [0.4, 0.5) is 0 Å². The molecule has 0 unspecified atom stereocenters. The van der Waals surface area contributed by atoms with E-state index in [1.807, 2.05) is 0 Å². The number of ether oxygens (including phenoxy) is 2. The van der Waals surface area contributed by atoms with E-state index in [4.69, 9.17) is 9.47 Å². The average Bonchev–Trinajstić information content (AvgIpc) is 2.40. The molecule has 0 N–H and O–H groups in total. The molecule has 104 valence electrons. The topological polar surface area (TPSA) is 35.5 Å². The molecular weight excluding hydrogens is 228 g/mol. The highest BCUT2D eigenvalue weighted by Crippen LogP contribution is 2.30. The van der Waals surface area contributed by atoms with Crippen LogP contribution >= 0.6 is 0 Å². The average molecular weight is 254 g/mol. The van der Waals surface area contributed by atoms with Crippen molar-refractivity contribution in [2.24, 2.45) is 11.8 Å². The summed E-state index contributed by atoms with van der Waals surface area (Å²) >= 11 is 0. The van der Waals surface area contributed by atoms with Crippen LogP contribution in [-0.4, -0.2) is 25.3 Å². The molecule has 0 radical (unpaired) electrons. The number of rotatable bonds is 3. The third-order valence-electron chi connectivity index (χ3n) is 4.59. The normalized spacial score (nSPS) is 37.2. The molecule has 0 aromatic carbocycles. The van der Waals surface area contributed by atoms with Crippen molar-refractivity contribution in [2.75, 3.05) is 7.11 Å². The maximum Gasteiger partial charge on any atom is 0.309 e. The van der Waals surface area contributed by atoms with Crippen LogP contribution in [0.15, 0.2) is 0 Å². The Balaban J connectivity index is 1.71. The Morgan fingerprint density at radius 1 is 0.889 bits per heavy atom. The maximum atomic E-state index is 12.1. The second-order valence-corrected chi connectivity index (χ2v) is 6.03. The van der Waals surface area contributed by atoms with Crippen molar-refractivity contribution in [3.05, 3.63) is 0 Å². The lowest BCUT2D eigenvalue weighted by atomic mass is 9.83. The lowest BCUT2D eigenvalue weighted by molar-refractivity contribution is -0.158. The summed E-state index contributed by atoms with van der Waals surface area (Å²) in [7, 11) is 1.76. The van der Waals surface area contributed by atoms with Gasteiger partial charge in [-0.05, 0) is 57.3 Å². The number of methoxy groups -OCH3 is 1. The highest BCUT2D eigenvalue weighted by Gasteiger charge is 2.29. The van der Waals surface area contributed by atoms with Gasteiger partial charge in [0.2, 0.25) is 0 Å². The van der Waals surface area contributed by atoms with E-state index < -0.39 is 0 Å². The lowest BCUT2D eigenvalue weighted by Crippen LogP contribution is -2.31. The molecular formula is C15H26O3. The van der Waals surface area contributed by atoms with E-state index in [2.05, 4.69) is 6.92 Å². The Morgan fingerprint density at radius 3 is 2.00 bits per heavy atom. The van der Waals surface area contributed by atoms with Crippen molar-refractivity contribution in [2.45, 2.75) is 70.5 Å². The van der Waals surface area contributed by atoms with E-state index in [9.17, 15) is 4.79 Å². The minimum atomic E-state index is 0.0581. The zero-order valence-electron chi connectivity index (χ0n) is 11.7. The molecule has 2 aliphatic rings. The highest BCUT2D eigenvalue weighted by atomic mass is 16.5. The predicted octanol–water partition coefficient (Wildman–Crippen LogP) is 3.31. The summed E-state index contributed by atoms with van der Waals surface area (Å²) in [6.45, 7) is 2.27. The van der Waals surface area contributed by atoms with E-state index in [0.29, 0.717) is 6.10 Å². The van der Waals surface area contributed by atoms with Gasteiger partial charge >= 0.3 is 5.97 Å². The van der Waals surface area contributed by atoms with Crippen LogP contribution < -0.4 is 0 Å². The lowest BCUT2D eigenvalue weighted by Gasteiger charge is -2.30. The molecule has 0 aliphatic heterocycles. The summed E-state index contributed by atoms with van der Waals surface area (Å²) in [6, 6.07) is 0. The number of hydrogen-bond acceptors (Lipinski definition) is 3. The van der Waals surface area contributed by atoms with E-state index in [-0.39, 0.29) is 18.0 Å². The quantitative estimate of drug-likeness (QED) is 0.725. The summed E-state index contributed by atoms with van der Waals surface area (Å²) in [5.74, 6) is 1.01. The summed E-state index contributed by atoms with van der Waals surface area (Å²) in [4.78, 5) is 12.1. The Labute approximate surface area is 110 Å². The van der Waals surface area contributed by atoms with Crippen molar-refractivity contribution < 1.29 is 14.3 Å². The summed E-state index contributed by atoms with van der Waals surface area (Å²) in [5, 5.41) is 0. The maximum absolute atomic E-state index is 12.1. The van der Waals surface area contributed by atoms with Gasteiger partial charge in [0.1, 0.15) is 6.10 Å². The number of carbonyl (C=O) groups excluding carboxylic acids is 1. The second kappa shape index (κ2) is 6.55. The van der Waals surface area contributed by atoms with Crippen molar-refractivity contribution in [3.8, 4) is 0 Å². The van der Waals surface area contributed by atoms with Crippen LogP contribution in [0.25, 0.3) is 0 Å². The van der Waals surface area contributed by atoms with Crippen molar-refractivity contribution in [3.63, 3.8) is 0 Å². The van der Waals surface area contributed by atoms with Crippen molar-refractivity contribution >= 4 is 5.97 Å². The molecule has 0 amide bonds. The second-order valence-electron chi connectivity index (χ2n) is 6.03. The Bertz CT molecular complexity index is 261. The minimum absolute atomic E-state index is 0.0581. The molecule has 3 heteroatoms. The fourth-order valence-corrected chi connectivity index (χ4v) is 3.14. The van der Waals surface area contributed by atoms with E-state index in [1.54, 1.807) is 7.11 Å². The number of carbonyl (C=O) groups is 1. The zero-order valence-corrected chi connectivity index (χ0v) is 11.7. The van der Waals surface area contributed by atoms with Gasteiger partial charge in [0.15, 0.2) is 0 Å². The molecule has 0 atom stereocenters. The molecule has 2 saturated carbocycles. The Kier molecular flexibility index (Phi) is 5.04. The molecule has 0 bridgehead atoms. The van der Waals surface area contributed by atoms with E-state index >= 15 is 0 Å². The van der Waals surface area contributed by atoms with Crippen molar-refractivity contribution in [1.82, 2.24) is 0 Å². The van der Waals surface area contributed by atoms with Crippen molar-refractivity contribution in [1.29, 1.82) is 0 Å². The van der Waals surface area contributed by atoms with Crippen LogP contribution in [0.1, 0.15) is 58.3 Å². The molecule has 18 heavy (non-hydrogen) atoms. The zero-order chi connectivity index (χ0) is 13.0. The van der Waals surface area contributed by atoms with Gasteiger partial charge in [-0.25, -0.2) is 0 Å². The smallest absolute Gasteiger partial charge is 0.309 e. The van der Waals surface area contributed by atoms with Crippen LogP contribution in [0.5, 0.6) is 0 Å². The molecule has 0 aromatic heterocycles. The molecule has 0 spiro atoms. The van der Waals surface area contributed by atoms with Crippen LogP contribution in [-0.2, 0) is 14.3 Å². The molecule has 0 aromatic rings. The molecule has 2 fully saturated rings. The first kappa shape index (κ1) is 13.9. The summed E-state index contributed by atoms with van der Waals surface area (Å²) in [5.41, 5.74) is 0. The van der Waals surface area contributed by atoms with E-state index in [0.717, 1.165) is 44.4 Å². The molecule has 3 nitrogen and oxygen atoms in total. The van der Waals surface area contributed by atoms with Gasteiger partial charge in [-0.3, -0.25) is 4.79 Å². The summed E-state index contributed by atoms with van der Waals surface area (Å²) in [6.07, 6.45) is 8.89. The number of esters is 1. The molecule has 0 saturated heterocycles. The third kappa shape index (κ3) is 3.71. The SMILES string of the molecule is COC1CCC(OC(=O)C2CCC(C)CC2)CC1. The number of hydrogen-bond donors (Lipinski definition) is 0. The van der Waals surface area contributed by atoms with Crippen LogP contribution in [0, 0.1) is 11.8 Å². The first-order valence-electron chi connectivity index (χ1n) is 7.42. The van der Waals surface area contributed by atoms with Gasteiger partial charge in [0.25, 0.3) is 0 Å². The van der Waals surface area contributed by atoms with Gasteiger partial charge in [0.05, 0.1) is 12.0 Å². The van der Waals surface area contributed by atoms with Gasteiger partial charge in [0, 0.05) is 7.11 Å². The Morgan fingerprint density at radius 2 is 1.44 bits per heavy atom. The standard InChI is InChI=1S/C15H26O3/c1-11-3-5-12(6-4-11)15(16)18-14-9-7-13(17-2)8-10-14/h11-14H,3-10H2,1-2H3. The van der Waals surface area contributed by atoms with Gasteiger partial charge in [-0.1, -0.05) is 6.92 Å². The van der Waals surface area contributed by atoms with Crippen LogP contribution in [0.3, 0.4) is 0 Å². The fourth-order valence-electron chi connectivity index (χ4n) is 3.14. The van der Waals surface area contributed by atoms with Gasteiger partial charge in [-0.2, -0.15) is 0 Å². The molecule has 0 heterocycles. The summed E-state index contributed by atoms with van der Waals surface area (Å²) < 4.78 is 11.0. The van der Waals surface area contributed by atoms with Gasteiger partial charge < -0.3 is 9.47 Å². The first-order valence-corrected chi connectivity index (χ1v) is 7.42. The van der Waals surface area contributed by atoms with Crippen LogP contribution in [0.2, 0.25) is 0 Å².